The summed E-state index contributed by atoms with van der Waals surface area (Å²) in [7, 11) is 5.59. The fraction of sp³-hybridized carbons (Fsp3) is 0.0588. The molecule has 0 amide bonds. The first-order valence-electron chi connectivity index (χ1n) is 6.71. The minimum Gasteiger partial charge on any atom is -0.423 e. The Hall–Kier alpha value is -2.82. The maximum Gasteiger partial charge on any atom is 0.351 e. The summed E-state index contributed by atoms with van der Waals surface area (Å²) >= 11 is 0. The van der Waals surface area contributed by atoms with E-state index < -0.39 is 11.6 Å². The first-order valence-corrected chi connectivity index (χ1v) is 6.71. The van der Waals surface area contributed by atoms with Gasteiger partial charge >= 0.3 is 11.6 Å². The number of hydrogen-bond acceptors (Lipinski definition) is 4. The van der Waals surface area contributed by atoms with Crippen LogP contribution >= 0.6 is 0 Å². The number of hydrogen-bond donors (Lipinski definition) is 0. The number of ether oxygens (including phenoxy) is 1. The molecule has 4 nitrogen and oxygen atoms in total. The van der Waals surface area contributed by atoms with Crippen LogP contribution < -0.4 is 10.4 Å². The molecule has 0 unspecified atom stereocenters. The molecule has 106 valence electrons. The topological polar surface area (TPSA) is 56.5 Å². The standard InChI is InChI=1S/C17H11BO4/c18-10-11-6-7-15-12(8-11)9-14(17(20)22-15)16(19)21-13-4-2-1-3-5-13/h1-9H,10H2. The van der Waals surface area contributed by atoms with E-state index in [1.165, 1.54) is 6.07 Å². The molecule has 0 aliphatic heterocycles. The molecule has 1 aromatic heterocycles. The lowest BCUT2D eigenvalue weighted by atomic mass is 9.96. The highest BCUT2D eigenvalue weighted by Gasteiger charge is 2.16. The van der Waals surface area contributed by atoms with Gasteiger partial charge in [0, 0.05) is 5.39 Å². The molecule has 0 saturated heterocycles. The first-order chi connectivity index (χ1) is 10.7. The summed E-state index contributed by atoms with van der Waals surface area (Å²) < 4.78 is 10.3. The second-order valence-corrected chi connectivity index (χ2v) is 4.73. The Morgan fingerprint density at radius 2 is 1.86 bits per heavy atom. The average Bonchev–Trinajstić information content (AvgIpc) is 2.54. The molecule has 22 heavy (non-hydrogen) atoms. The Morgan fingerprint density at radius 3 is 2.59 bits per heavy atom. The molecule has 0 aliphatic carbocycles. The summed E-state index contributed by atoms with van der Waals surface area (Å²) in [6, 6.07) is 15.2. The Morgan fingerprint density at radius 1 is 1.09 bits per heavy atom. The number of para-hydroxylation sites is 1. The van der Waals surface area contributed by atoms with E-state index in [0.29, 0.717) is 23.0 Å². The smallest absolute Gasteiger partial charge is 0.351 e. The van der Waals surface area contributed by atoms with Crippen molar-refractivity contribution in [3.63, 3.8) is 0 Å². The third-order valence-electron chi connectivity index (χ3n) is 3.21. The molecule has 0 spiro atoms. The highest BCUT2D eigenvalue weighted by atomic mass is 16.5. The third kappa shape index (κ3) is 2.79. The van der Waals surface area contributed by atoms with Crippen LogP contribution in [0, 0.1) is 0 Å². The maximum atomic E-state index is 12.1. The van der Waals surface area contributed by atoms with E-state index in [1.54, 1.807) is 48.5 Å². The molecule has 1 heterocycles. The van der Waals surface area contributed by atoms with Crippen LogP contribution in [0.25, 0.3) is 11.0 Å². The zero-order valence-corrected chi connectivity index (χ0v) is 11.6. The zero-order chi connectivity index (χ0) is 15.5. The van der Waals surface area contributed by atoms with Gasteiger partial charge in [-0.05, 0) is 30.3 Å². The minimum atomic E-state index is -0.750. The Bertz CT molecular complexity index is 884. The van der Waals surface area contributed by atoms with Gasteiger partial charge in [0.05, 0.1) is 7.85 Å². The highest BCUT2D eigenvalue weighted by Crippen LogP contribution is 2.17. The van der Waals surface area contributed by atoms with Crippen LogP contribution in [-0.4, -0.2) is 13.8 Å². The van der Waals surface area contributed by atoms with Gasteiger partial charge in [0.1, 0.15) is 16.9 Å². The van der Waals surface area contributed by atoms with Gasteiger partial charge in [-0.1, -0.05) is 36.1 Å². The van der Waals surface area contributed by atoms with Crippen molar-refractivity contribution in [1.82, 2.24) is 0 Å². The highest BCUT2D eigenvalue weighted by molar-refractivity contribution is 6.08. The van der Waals surface area contributed by atoms with Crippen molar-refractivity contribution in [1.29, 1.82) is 0 Å². The lowest BCUT2D eigenvalue weighted by Crippen LogP contribution is -2.18. The van der Waals surface area contributed by atoms with Gasteiger partial charge in [-0.25, -0.2) is 9.59 Å². The van der Waals surface area contributed by atoms with E-state index in [0.717, 1.165) is 5.56 Å². The van der Waals surface area contributed by atoms with Crippen molar-refractivity contribution in [3.05, 3.63) is 76.1 Å². The molecule has 0 bridgehead atoms. The summed E-state index contributed by atoms with van der Waals surface area (Å²) in [6.45, 7) is 0. The average molecular weight is 290 g/mol. The van der Waals surface area contributed by atoms with Crippen LogP contribution in [0.3, 0.4) is 0 Å². The molecule has 0 saturated carbocycles. The predicted molar refractivity (Wildman–Crippen MR) is 83.3 cm³/mol. The number of carbonyl (C=O) groups is 1. The fourth-order valence-electron chi connectivity index (χ4n) is 2.09. The van der Waals surface area contributed by atoms with Gasteiger partial charge in [0.15, 0.2) is 0 Å². The normalized spacial score (nSPS) is 10.5. The van der Waals surface area contributed by atoms with Gasteiger partial charge in [0.2, 0.25) is 0 Å². The molecule has 2 aromatic carbocycles. The van der Waals surface area contributed by atoms with Gasteiger partial charge in [-0.15, -0.1) is 0 Å². The van der Waals surface area contributed by atoms with Gasteiger partial charge in [-0.3, -0.25) is 0 Å². The van der Waals surface area contributed by atoms with Gasteiger partial charge < -0.3 is 9.15 Å². The fourth-order valence-corrected chi connectivity index (χ4v) is 2.09. The first kappa shape index (κ1) is 14.1. The predicted octanol–water partition coefficient (Wildman–Crippen LogP) is 2.68. The molecule has 0 N–H and O–H groups in total. The lowest BCUT2D eigenvalue weighted by Gasteiger charge is -2.05. The van der Waals surface area contributed by atoms with Crippen LogP contribution in [0.5, 0.6) is 5.75 Å². The van der Waals surface area contributed by atoms with Crippen LogP contribution in [0.4, 0.5) is 0 Å². The summed E-state index contributed by atoms with van der Waals surface area (Å²) in [5.74, 6) is -0.386. The molecule has 0 atom stereocenters. The van der Waals surface area contributed by atoms with Crippen molar-refractivity contribution in [2.45, 2.75) is 6.32 Å². The van der Waals surface area contributed by atoms with Crippen molar-refractivity contribution in [2.24, 2.45) is 0 Å². The summed E-state index contributed by atoms with van der Waals surface area (Å²) in [5, 5.41) is 0.627. The molecule has 2 radical (unpaired) electrons. The molecule has 3 aromatic rings. The van der Waals surface area contributed by atoms with Gasteiger partial charge in [0.25, 0.3) is 0 Å². The van der Waals surface area contributed by atoms with Crippen molar-refractivity contribution < 1.29 is 13.9 Å². The number of esters is 1. The third-order valence-corrected chi connectivity index (χ3v) is 3.21. The summed E-state index contributed by atoms with van der Waals surface area (Å²) in [5.41, 5.74) is 0.404. The van der Waals surface area contributed by atoms with Crippen LogP contribution in [0.2, 0.25) is 0 Å². The Kier molecular flexibility index (Phi) is 3.79. The molecule has 0 aliphatic rings. The quantitative estimate of drug-likeness (QED) is 0.322. The zero-order valence-electron chi connectivity index (χ0n) is 11.6. The molecule has 0 fully saturated rings. The lowest BCUT2D eigenvalue weighted by molar-refractivity contribution is 0.0730. The largest absolute Gasteiger partial charge is 0.423 e. The minimum absolute atomic E-state index is 0.148. The molecule has 3 rings (SSSR count). The van der Waals surface area contributed by atoms with E-state index in [1.807, 2.05) is 0 Å². The molecule has 5 heteroatoms. The van der Waals surface area contributed by atoms with Crippen LogP contribution in [-0.2, 0) is 6.32 Å². The van der Waals surface area contributed by atoms with E-state index in [2.05, 4.69) is 0 Å². The van der Waals surface area contributed by atoms with E-state index in [9.17, 15) is 9.59 Å². The summed E-state index contributed by atoms with van der Waals surface area (Å²) in [6.07, 6.45) is 0.360. The van der Waals surface area contributed by atoms with E-state index >= 15 is 0 Å². The number of carbonyl (C=O) groups excluding carboxylic acids is 1. The van der Waals surface area contributed by atoms with E-state index in [-0.39, 0.29) is 5.56 Å². The van der Waals surface area contributed by atoms with Crippen molar-refractivity contribution in [2.75, 3.05) is 0 Å². The Labute approximate surface area is 127 Å². The second kappa shape index (κ2) is 5.89. The molecular formula is C17H11BO4. The van der Waals surface area contributed by atoms with Crippen LogP contribution in [0.1, 0.15) is 15.9 Å². The monoisotopic (exact) mass is 290 g/mol. The van der Waals surface area contributed by atoms with Crippen molar-refractivity contribution >= 4 is 24.8 Å². The SMILES string of the molecule is [B]Cc1ccc2oc(=O)c(C(=O)Oc3ccccc3)cc2c1. The number of benzene rings is 2. The summed E-state index contributed by atoms with van der Waals surface area (Å²) in [4.78, 5) is 24.1. The number of rotatable bonds is 3. The second-order valence-electron chi connectivity index (χ2n) is 4.73. The van der Waals surface area contributed by atoms with Gasteiger partial charge in [-0.2, -0.15) is 0 Å². The van der Waals surface area contributed by atoms with Crippen molar-refractivity contribution in [3.8, 4) is 5.75 Å². The van der Waals surface area contributed by atoms with Crippen LogP contribution in [0.15, 0.2) is 63.8 Å². The Balaban J connectivity index is 2.00. The van der Waals surface area contributed by atoms with E-state index in [4.69, 9.17) is 17.0 Å². The maximum absolute atomic E-state index is 12.1. The molecular weight excluding hydrogens is 279 g/mol. The number of fused-ring (bicyclic) bond motifs is 1.